The zero-order chi connectivity index (χ0) is 83.4. The van der Waals surface area contributed by atoms with Crippen LogP contribution < -0.4 is 10.6 Å². The summed E-state index contributed by atoms with van der Waals surface area (Å²) in [6, 6.07) is -8.79. The van der Waals surface area contributed by atoms with Gasteiger partial charge in [-0.3, -0.25) is 57.5 Å². The molecule has 0 radical (unpaired) electrons. The quantitative estimate of drug-likeness (QED) is 0.115. The molecule has 0 aromatic heterocycles. The van der Waals surface area contributed by atoms with Crippen molar-refractivity contribution in [3.63, 3.8) is 0 Å². The summed E-state index contributed by atoms with van der Waals surface area (Å²) in [5.41, 5.74) is -4.64. The highest BCUT2D eigenvalue weighted by Gasteiger charge is 2.56. The van der Waals surface area contributed by atoms with Gasteiger partial charge in [-0.15, -0.1) is 6.42 Å². The Labute approximate surface area is 640 Å². The van der Waals surface area contributed by atoms with Gasteiger partial charge in [0.2, 0.25) is 70.9 Å². The van der Waals surface area contributed by atoms with Gasteiger partial charge in [0.05, 0.1) is 38.1 Å². The van der Waals surface area contributed by atoms with Crippen LogP contribution in [0.15, 0.2) is 48.6 Å². The first-order chi connectivity index (χ1) is 51.8. The van der Waals surface area contributed by atoms with Crippen molar-refractivity contribution in [3.8, 4) is 12.3 Å². The van der Waals surface area contributed by atoms with E-state index >= 15 is 37.5 Å². The highest BCUT2D eigenvalue weighted by Crippen LogP contribution is 2.42. The number of carbonyl (C=O) groups excluding carboxylic acids is 12. The number of hydrogen-bond donors (Lipinski definition) is 2. The van der Waals surface area contributed by atoms with Crippen LogP contribution in [0, 0.1) is 35.8 Å². The molecule has 6 rings (SSSR count). The van der Waals surface area contributed by atoms with Crippen molar-refractivity contribution in [1.29, 1.82) is 0 Å². The van der Waals surface area contributed by atoms with Crippen molar-refractivity contribution >= 4 is 70.9 Å². The molecule has 614 valence electrons. The number of halogens is 10. The van der Waals surface area contributed by atoms with Gasteiger partial charge in [0.15, 0.2) is 0 Å². The summed E-state index contributed by atoms with van der Waals surface area (Å²) >= 11 is 0. The molecule has 3 aliphatic heterocycles. The predicted octanol–water partition coefficient (Wildman–Crippen LogP) is 6.15. The van der Waals surface area contributed by atoms with Gasteiger partial charge in [-0.2, -0.15) is 26.3 Å². The van der Waals surface area contributed by atoms with Crippen molar-refractivity contribution in [2.45, 2.75) is 210 Å². The summed E-state index contributed by atoms with van der Waals surface area (Å²) in [6.45, 7) is 6.24. The van der Waals surface area contributed by atoms with E-state index in [4.69, 9.17) is 11.2 Å². The van der Waals surface area contributed by atoms with Gasteiger partial charge in [-0.05, 0) is 93.9 Å². The molecule has 1 saturated carbocycles. The number of benzene rings is 2. The number of likely N-dealkylation sites (N-methyl/N-ethyl adjacent to an activating group) is 7. The lowest BCUT2D eigenvalue weighted by molar-refractivity contribution is -0.167. The van der Waals surface area contributed by atoms with Crippen LogP contribution >= 0.6 is 0 Å². The van der Waals surface area contributed by atoms with Gasteiger partial charge < -0.3 is 64.4 Å². The molecule has 111 heavy (non-hydrogen) atoms. The van der Waals surface area contributed by atoms with E-state index in [-0.39, 0.29) is 57.1 Å². The normalized spacial score (nSPS) is 24.7. The van der Waals surface area contributed by atoms with E-state index < -0.39 is 254 Å². The molecule has 2 N–H and O–H groups in total. The van der Waals surface area contributed by atoms with Crippen molar-refractivity contribution < 1.29 is 106 Å². The van der Waals surface area contributed by atoms with Crippen LogP contribution in [0.4, 0.5) is 43.9 Å². The summed E-state index contributed by atoms with van der Waals surface area (Å²) in [6.07, 6.45) is -10.8. The summed E-state index contributed by atoms with van der Waals surface area (Å²) < 4.78 is 151. The second kappa shape index (κ2) is 38.2. The van der Waals surface area contributed by atoms with Crippen LogP contribution in [0.25, 0.3) is 0 Å². The maximum atomic E-state index is 15.7. The van der Waals surface area contributed by atoms with Crippen LogP contribution in [0.5, 0.6) is 0 Å². The Hall–Kier alpha value is -9.36. The van der Waals surface area contributed by atoms with Crippen molar-refractivity contribution in [3.05, 3.63) is 82.4 Å². The Kier molecular flexibility index (Phi) is 31.2. The minimum Gasteiger partial charge on any atom is -0.374 e. The van der Waals surface area contributed by atoms with E-state index in [1.165, 1.54) is 61.2 Å². The SMILES string of the molecule is C#CCN1CC(=O)N(C)[C@H]2C/C=C\CCN(C2=O)[C@@H](Cc2ccc(C(F)F)cc2)C(=O)N(C)CC(=O)N[C@@H](CCc2cc(F)c(C(F)(F)F)c(F)c2)C(=O)N2C[C@H](OC(C)C)C[C@H]2C(=O)N(C)C2(CCC2)C(=O)N(C)[C@@H](C(CC)CC)C(=O)N(C)[C@H](C(=O)N(C)C)CC(=O)N(C)[C@@H](CC(F)(F)F)C(=O)N[C@@H](C(C)C)C1=O. The number of nitrogens with zero attached hydrogens (tertiary/aromatic N) is 10. The highest BCUT2D eigenvalue weighted by molar-refractivity contribution is 6.01. The molecular formula is C76H102F10N12O13. The first-order valence-electron chi connectivity index (χ1n) is 36.8. The smallest absolute Gasteiger partial charge is 0.374 e. The number of amides is 12. The fraction of sp³-hybridized carbons (Fsp3) is 0.632. The minimum absolute atomic E-state index is 0.0353. The zero-order valence-electron chi connectivity index (χ0n) is 65.0. The number of nitrogens with one attached hydrogen (secondary N) is 2. The molecule has 25 nitrogen and oxygen atoms in total. The van der Waals surface area contributed by atoms with Gasteiger partial charge in [0.25, 0.3) is 6.43 Å². The number of rotatable bonds is 15. The molecule has 9 atom stereocenters. The highest BCUT2D eigenvalue weighted by atomic mass is 19.4. The molecule has 1 aliphatic carbocycles. The van der Waals surface area contributed by atoms with Crippen LogP contribution in [0.3, 0.4) is 0 Å². The largest absolute Gasteiger partial charge is 0.422 e. The average molecular weight is 1580 g/mol. The molecule has 2 bridgehead atoms. The van der Waals surface area contributed by atoms with Gasteiger partial charge in [0.1, 0.15) is 77.6 Å². The topological polar surface area (TPSA) is 271 Å². The Bertz CT molecular complexity index is 3780. The fourth-order valence-corrected chi connectivity index (χ4v) is 14.7. The Balaban J connectivity index is 1.56. The molecule has 3 fully saturated rings. The van der Waals surface area contributed by atoms with E-state index in [0.717, 1.165) is 77.4 Å². The van der Waals surface area contributed by atoms with Gasteiger partial charge >= 0.3 is 12.4 Å². The molecule has 1 spiro atoms. The summed E-state index contributed by atoms with van der Waals surface area (Å²) in [5, 5.41) is 4.85. The lowest BCUT2D eigenvalue weighted by Crippen LogP contribution is -2.68. The number of alkyl halides is 8. The minimum atomic E-state index is -5.48. The second-order valence-corrected chi connectivity index (χ2v) is 29.7. The molecule has 2 aromatic rings. The van der Waals surface area contributed by atoms with Crippen molar-refractivity contribution in [1.82, 2.24) is 59.6 Å². The molecule has 2 aromatic carbocycles. The predicted molar refractivity (Wildman–Crippen MR) is 384 cm³/mol. The first kappa shape index (κ1) is 90.5. The van der Waals surface area contributed by atoms with Crippen molar-refractivity contribution in [2.24, 2.45) is 11.8 Å². The number of aryl methyl sites for hydroxylation is 1. The summed E-state index contributed by atoms with van der Waals surface area (Å²) in [7, 11) is 9.41. The Morgan fingerprint density at radius 3 is 1.85 bits per heavy atom. The zero-order valence-corrected chi connectivity index (χ0v) is 65.0. The Morgan fingerprint density at radius 1 is 0.712 bits per heavy atom. The van der Waals surface area contributed by atoms with Crippen LogP contribution in [-0.2, 0) is 81.3 Å². The van der Waals surface area contributed by atoms with Crippen molar-refractivity contribution in [2.75, 3.05) is 89.1 Å². The number of ether oxygens (including phenoxy) is 1. The van der Waals surface area contributed by atoms with Crippen LogP contribution in [0.2, 0.25) is 0 Å². The van der Waals surface area contributed by atoms with E-state index in [2.05, 4.69) is 16.6 Å². The van der Waals surface area contributed by atoms with Gasteiger partial charge in [-0.1, -0.05) is 82.9 Å². The van der Waals surface area contributed by atoms with Crippen LogP contribution in [-0.4, -0.2) is 281 Å². The molecule has 0 unspecified atom stereocenters. The third kappa shape index (κ3) is 21.9. The second-order valence-electron chi connectivity index (χ2n) is 29.7. The molecule has 2 saturated heterocycles. The third-order valence-corrected chi connectivity index (χ3v) is 21.3. The molecule has 4 aliphatic rings. The third-order valence-electron chi connectivity index (χ3n) is 21.3. The Morgan fingerprint density at radius 2 is 1.32 bits per heavy atom. The van der Waals surface area contributed by atoms with Gasteiger partial charge in [0, 0.05) is 87.9 Å². The number of carbonyl (C=O) groups is 12. The molecule has 3 heterocycles. The van der Waals surface area contributed by atoms with Gasteiger partial charge in [-0.25, -0.2) is 17.6 Å². The van der Waals surface area contributed by atoms with E-state index in [0.29, 0.717) is 23.5 Å². The number of terminal acetylenes is 1. The van der Waals surface area contributed by atoms with Crippen LogP contribution in [0.1, 0.15) is 141 Å². The molecule has 35 heteroatoms. The first-order valence-corrected chi connectivity index (χ1v) is 36.8. The van der Waals surface area contributed by atoms with E-state index in [1.54, 1.807) is 39.8 Å². The fourth-order valence-electron chi connectivity index (χ4n) is 14.7. The summed E-state index contributed by atoms with van der Waals surface area (Å²) in [5.74, 6) is -16.1. The van der Waals surface area contributed by atoms with E-state index in [9.17, 15) is 63.9 Å². The molecular weight excluding hydrogens is 1480 g/mol. The molecule has 12 amide bonds. The van der Waals surface area contributed by atoms with E-state index in [1.807, 2.05) is 0 Å². The summed E-state index contributed by atoms with van der Waals surface area (Å²) in [4.78, 5) is 190. The number of hydrogen-bond acceptors (Lipinski definition) is 13. The maximum Gasteiger partial charge on any atom is 0.422 e. The average Bonchev–Trinajstić information content (AvgIpc) is 1.71. The lowest BCUT2D eigenvalue weighted by atomic mass is 9.73. The lowest BCUT2D eigenvalue weighted by Gasteiger charge is -2.51. The monoisotopic (exact) mass is 1580 g/mol. The standard InChI is InChI=1S/C76H102F10N12O13/c1-16-32-96-42-60(101)91(11)53-23-20-19-21-33-97(70(53)107)55(36-45-24-27-48(28-25-45)64(79)80)68(105)90(10)41-58(99)87-52(29-26-46-34-50(77)61(51(78)35-46)76(84,85)86)66(103)98-40-49(111-44(6)7)37-56(98)69(106)95(15)74(30-22-31-74)73(110)94(14)63(47(17-2)18-3)72(109)93(13)54(67(104)89(8)9)38-59(100)92(12)57(39-75(81,82)83)65(102)88-62(43(4)5)71(96)108/h1,19-20,24-25,27-28,34-35,43-44,47,49,52-57,62-64H,17-18,21-23,26,29-33,36-42H2,2-15H3,(H,87,99)(H,88,102)/b20-19-/t49-,52+,53+,54+,55+,56+,57+,62+,63+/m1/s1. The maximum absolute atomic E-state index is 15.7. The number of fused-ring (bicyclic) bond motifs is 3.